The van der Waals surface area contributed by atoms with E-state index < -0.39 is 11.8 Å². The number of nitrogens with one attached hydrogen (secondary N) is 4. The van der Waals surface area contributed by atoms with Crippen LogP contribution in [0.25, 0.3) is 0 Å². The minimum atomic E-state index is -0.478. The molecule has 0 aromatic heterocycles. The van der Waals surface area contributed by atoms with Crippen molar-refractivity contribution in [3.63, 3.8) is 0 Å². The molecule has 0 spiro atoms. The summed E-state index contributed by atoms with van der Waals surface area (Å²) in [7, 11) is 0. The van der Waals surface area contributed by atoms with Crippen LogP contribution in [-0.2, 0) is 22.4 Å². The van der Waals surface area contributed by atoms with Crippen LogP contribution in [0.3, 0.4) is 0 Å². The smallest absolute Gasteiger partial charge is 0.276 e. The van der Waals surface area contributed by atoms with Crippen LogP contribution in [0.2, 0.25) is 0 Å². The van der Waals surface area contributed by atoms with E-state index in [2.05, 4.69) is 28.3 Å². The maximum atomic E-state index is 13.4. The molecule has 0 saturated heterocycles. The number of rotatable bonds is 5. The minimum absolute atomic E-state index is 0.0971. The van der Waals surface area contributed by atoms with Gasteiger partial charge in [0.2, 0.25) is 11.9 Å². The third-order valence-corrected chi connectivity index (χ3v) is 5.49. The Labute approximate surface area is 191 Å². The molecule has 33 heavy (non-hydrogen) atoms. The summed E-state index contributed by atoms with van der Waals surface area (Å²) >= 11 is 0. The zero-order chi connectivity index (χ0) is 23.2. The monoisotopic (exact) mass is 443 g/mol. The molecule has 8 heteroatoms. The summed E-state index contributed by atoms with van der Waals surface area (Å²) in [4.78, 5) is 25.1. The lowest BCUT2D eigenvalue weighted by Gasteiger charge is -2.20. The number of anilines is 1. The predicted octanol–water partition coefficient (Wildman–Crippen LogP) is 2.45. The van der Waals surface area contributed by atoms with E-state index in [9.17, 15) is 9.59 Å². The first-order chi connectivity index (χ1) is 16.0. The molecular formula is C25H25N5O3. The van der Waals surface area contributed by atoms with Gasteiger partial charge in [-0.15, -0.1) is 0 Å². The van der Waals surface area contributed by atoms with Crippen LogP contribution in [0.4, 0.5) is 5.69 Å². The van der Waals surface area contributed by atoms with Crippen molar-refractivity contribution in [3.8, 4) is 5.75 Å². The third kappa shape index (κ3) is 5.30. The second kappa shape index (κ2) is 9.86. The fourth-order valence-electron chi connectivity index (χ4n) is 3.98. The molecule has 1 aliphatic carbocycles. The summed E-state index contributed by atoms with van der Waals surface area (Å²) in [6.45, 7) is -0.248. The maximum Gasteiger partial charge on any atom is 0.276 e. The number of guanidine groups is 1. The van der Waals surface area contributed by atoms with Gasteiger partial charge in [-0.2, -0.15) is 0 Å². The van der Waals surface area contributed by atoms with Gasteiger partial charge in [0.15, 0.2) is 6.61 Å². The molecule has 2 amide bonds. The van der Waals surface area contributed by atoms with Crippen molar-refractivity contribution in [1.29, 1.82) is 5.41 Å². The molecular weight excluding hydrogens is 418 g/mol. The van der Waals surface area contributed by atoms with Gasteiger partial charge in [-0.3, -0.25) is 25.8 Å². The van der Waals surface area contributed by atoms with Crippen molar-refractivity contribution in [2.75, 3.05) is 11.9 Å². The number of nitrogens with two attached hydrogens (primary N) is 1. The van der Waals surface area contributed by atoms with Crippen molar-refractivity contribution in [3.05, 3.63) is 95.1 Å². The Bertz CT molecular complexity index is 1130. The van der Waals surface area contributed by atoms with Gasteiger partial charge >= 0.3 is 0 Å². The number of fused-ring (bicyclic) bond motifs is 2. The summed E-state index contributed by atoms with van der Waals surface area (Å²) in [5.41, 5.74) is 14.6. The van der Waals surface area contributed by atoms with Gasteiger partial charge in [-0.25, -0.2) is 0 Å². The van der Waals surface area contributed by atoms with E-state index in [0.29, 0.717) is 11.4 Å². The van der Waals surface area contributed by atoms with Crippen LogP contribution in [0.1, 0.15) is 28.2 Å². The number of carbonyl (C=O) groups excluding carboxylic acids is 2. The van der Waals surface area contributed by atoms with Crippen LogP contribution < -0.4 is 26.6 Å². The number of carbonyl (C=O) groups is 2. The van der Waals surface area contributed by atoms with Gasteiger partial charge in [0.25, 0.3) is 5.91 Å². The largest absolute Gasteiger partial charge is 0.484 e. The van der Waals surface area contributed by atoms with E-state index in [0.717, 1.165) is 24.0 Å². The van der Waals surface area contributed by atoms with Crippen LogP contribution in [0.15, 0.2) is 72.8 Å². The molecule has 6 N–H and O–H groups in total. The van der Waals surface area contributed by atoms with Gasteiger partial charge in [0.05, 0.1) is 5.92 Å². The molecule has 4 rings (SSSR count). The molecule has 3 aromatic rings. The number of aryl methyl sites for hydroxylation is 2. The number of hydrogen-bond acceptors (Lipinski definition) is 4. The molecule has 0 bridgehead atoms. The van der Waals surface area contributed by atoms with Crippen LogP contribution in [0.5, 0.6) is 5.75 Å². The highest BCUT2D eigenvalue weighted by Crippen LogP contribution is 2.35. The maximum absolute atomic E-state index is 13.4. The molecule has 1 aliphatic rings. The lowest BCUT2D eigenvalue weighted by molar-refractivity contribution is -0.123. The second-order valence-electron chi connectivity index (χ2n) is 7.72. The molecule has 3 aromatic carbocycles. The van der Waals surface area contributed by atoms with Gasteiger partial charge < -0.3 is 15.8 Å². The lowest BCUT2D eigenvalue weighted by atomic mass is 9.87. The zero-order valence-electron chi connectivity index (χ0n) is 17.9. The number of benzene rings is 3. The number of ether oxygens (including phenoxy) is 1. The fourth-order valence-corrected chi connectivity index (χ4v) is 3.98. The lowest BCUT2D eigenvalue weighted by Crippen LogP contribution is -2.46. The second-order valence-corrected chi connectivity index (χ2v) is 7.72. The summed E-state index contributed by atoms with van der Waals surface area (Å²) in [5.74, 6) is -0.875. The van der Waals surface area contributed by atoms with E-state index >= 15 is 0 Å². The average molecular weight is 444 g/mol. The summed E-state index contributed by atoms with van der Waals surface area (Å²) < 4.78 is 5.41. The quantitative estimate of drug-likeness (QED) is 0.235. The standard InChI is InChI=1S/C25H25N5O3/c26-25(27)30-29-22(31)15-33-19-13-11-18(12-14-19)28-24(32)23-20-7-3-1-5-16(20)9-10-17-6-2-4-8-21(17)23/h1-8,11-14,23H,9-10,15H2,(H,28,32)(H,29,31)(H4,26,27,30). The fraction of sp³-hybridized carbons (Fsp3) is 0.160. The Kier molecular flexibility index (Phi) is 6.54. The molecule has 0 unspecified atom stereocenters. The summed E-state index contributed by atoms with van der Waals surface area (Å²) in [5, 5.41) is 10.0. The normalized spacial score (nSPS) is 12.5. The highest BCUT2D eigenvalue weighted by molar-refractivity contribution is 5.98. The first-order valence-electron chi connectivity index (χ1n) is 10.6. The van der Waals surface area contributed by atoms with Crippen LogP contribution in [-0.4, -0.2) is 24.4 Å². The molecule has 168 valence electrons. The van der Waals surface area contributed by atoms with E-state index in [1.165, 1.54) is 11.1 Å². The molecule has 0 heterocycles. The Morgan fingerprint density at radius 1 is 0.879 bits per heavy atom. The van der Waals surface area contributed by atoms with Gasteiger partial charge in [0.1, 0.15) is 5.75 Å². The molecule has 0 fully saturated rings. The molecule has 0 atom stereocenters. The van der Waals surface area contributed by atoms with E-state index in [-0.39, 0.29) is 18.5 Å². The average Bonchev–Trinajstić information content (AvgIpc) is 2.99. The summed E-state index contributed by atoms with van der Waals surface area (Å²) in [6.07, 6.45) is 1.80. The van der Waals surface area contributed by atoms with Crippen LogP contribution in [0, 0.1) is 5.41 Å². The van der Waals surface area contributed by atoms with Gasteiger partial charge in [-0.1, -0.05) is 48.5 Å². The van der Waals surface area contributed by atoms with Crippen molar-refractivity contribution < 1.29 is 14.3 Å². The predicted molar refractivity (Wildman–Crippen MR) is 126 cm³/mol. The number of amides is 2. The van der Waals surface area contributed by atoms with Gasteiger partial charge in [0, 0.05) is 5.69 Å². The Hall–Kier alpha value is -4.33. The Morgan fingerprint density at radius 2 is 1.45 bits per heavy atom. The van der Waals surface area contributed by atoms with Crippen LogP contribution >= 0.6 is 0 Å². The molecule has 0 saturated carbocycles. The topological polar surface area (TPSA) is 129 Å². The Balaban J connectivity index is 1.46. The SMILES string of the molecule is N=C(N)NNC(=O)COc1ccc(NC(=O)C2c3ccccc3CCc3ccccc32)cc1. The van der Waals surface area contributed by atoms with Crippen molar-refractivity contribution in [1.82, 2.24) is 10.9 Å². The zero-order valence-corrected chi connectivity index (χ0v) is 17.9. The van der Waals surface area contributed by atoms with Crippen molar-refractivity contribution in [2.24, 2.45) is 5.73 Å². The number of hydrogen-bond donors (Lipinski definition) is 5. The third-order valence-electron chi connectivity index (χ3n) is 5.49. The minimum Gasteiger partial charge on any atom is -0.484 e. The highest BCUT2D eigenvalue weighted by atomic mass is 16.5. The van der Waals surface area contributed by atoms with Crippen molar-refractivity contribution >= 4 is 23.5 Å². The molecule has 0 aliphatic heterocycles. The van der Waals surface area contributed by atoms with E-state index in [1.807, 2.05) is 36.4 Å². The number of hydrazine groups is 1. The van der Waals surface area contributed by atoms with Gasteiger partial charge in [-0.05, 0) is 59.4 Å². The first-order valence-corrected chi connectivity index (χ1v) is 10.6. The first kappa shape index (κ1) is 21.9. The molecule has 0 radical (unpaired) electrons. The Morgan fingerprint density at radius 3 is 2.03 bits per heavy atom. The van der Waals surface area contributed by atoms with E-state index in [1.54, 1.807) is 24.3 Å². The highest BCUT2D eigenvalue weighted by Gasteiger charge is 2.29. The van der Waals surface area contributed by atoms with E-state index in [4.69, 9.17) is 15.9 Å². The molecule has 8 nitrogen and oxygen atoms in total. The van der Waals surface area contributed by atoms with Crippen molar-refractivity contribution in [2.45, 2.75) is 18.8 Å². The summed E-state index contributed by atoms with van der Waals surface area (Å²) in [6, 6.07) is 23.0.